The highest BCUT2D eigenvalue weighted by Gasteiger charge is 2.34. The van der Waals surface area contributed by atoms with Gasteiger partial charge in [0.2, 0.25) is 0 Å². The van der Waals surface area contributed by atoms with Crippen molar-refractivity contribution in [3.8, 4) is 0 Å². The van der Waals surface area contributed by atoms with Crippen LogP contribution in [0.15, 0.2) is 30.3 Å². The highest BCUT2D eigenvalue weighted by atomic mass is 32.2. The van der Waals surface area contributed by atoms with E-state index in [1.807, 2.05) is 30.3 Å². The molecule has 0 bridgehead atoms. The molecule has 1 aliphatic heterocycles. The molecule has 6 heteroatoms. The fourth-order valence-electron chi connectivity index (χ4n) is 3.13. The second-order valence-electron chi connectivity index (χ2n) is 6.14. The summed E-state index contributed by atoms with van der Waals surface area (Å²) in [5, 5.41) is 0. The van der Waals surface area contributed by atoms with Gasteiger partial charge >= 0.3 is 0 Å². The number of hydrogen-bond donors (Lipinski definition) is 0. The number of piperidine rings is 1. The van der Waals surface area contributed by atoms with E-state index < -0.39 is 10.2 Å². The molecule has 23 heavy (non-hydrogen) atoms. The predicted octanol–water partition coefficient (Wildman–Crippen LogP) is 2.64. The van der Waals surface area contributed by atoms with Crippen LogP contribution in [0.4, 0.5) is 0 Å². The topological polar surface area (TPSA) is 49.9 Å². The molecular weight excluding hydrogens is 312 g/mol. The number of benzene rings is 1. The van der Waals surface area contributed by atoms with Gasteiger partial charge in [0.15, 0.2) is 0 Å². The minimum absolute atomic E-state index is 0.0992. The lowest BCUT2D eigenvalue weighted by Gasteiger charge is -2.37. The van der Waals surface area contributed by atoms with Gasteiger partial charge in [0.05, 0.1) is 0 Å². The van der Waals surface area contributed by atoms with E-state index in [1.54, 1.807) is 18.5 Å². The normalized spacial score (nSPS) is 20.0. The lowest BCUT2D eigenvalue weighted by molar-refractivity contribution is 0.169. The van der Waals surface area contributed by atoms with Crippen molar-refractivity contribution >= 4 is 10.2 Å². The SMILES string of the molecule is COCCC[C@@H]1CCCCN1S(=O)(=O)N(C)Cc1ccccc1. The Kier molecular flexibility index (Phi) is 7.02. The summed E-state index contributed by atoms with van der Waals surface area (Å²) in [4.78, 5) is 0. The fourth-order valence-corrected chi connectivity index (χ4v) is 4.75. The summed E-state index contributed by atoms with van der Waals surface area (Å²) >= 11 is 0. The number of nitrogens with zero attached hydrogens (tertiary/aromatic N) is 2. The van der Waals surface area contributed by atoms with Crippen molar-refractivity contribution in [2.45, 2.75) is 44.7 Å². The van der Waals surface area contributed by atoms with Crippen molar-refractivity contribution in [2.24, 2.45) is 0 Å². The summed E-state index contributed by atoms with van der Waals surface area (Å²) in [5.74, 6) is 0. The van der Waals surface area contributed by atoms with Crippen LogP contribution < -0.4 is 0 Å². The number of hydrogen-bond acceptors (Lipinski definition) is 3. The third-order valence-electron chi connectivity index (χ3n) is 4.40. The molecule has 0 amide bonds. The first-order valence-corrected chi connectivity index (χ1v) is 9.71. The predicted molar refractivity (Wildman–Crippen MR) is 92.3 cm³/mol. The first-order chi connectivity index (χ1) is 11.1. The Hall–Kier alpha value is -0.950. The van der Waals surface area contributed by atoms with Gasteiger partial charge in [-0.25, -0.2) is 0 Å². The molecule has 1 heterocycles. The van der Waals surface area contributed by atoms with E-state index in [2.05, 4.69) is 0 Å². The third kappa shape index (κ3) is 5.01. The van der Waals surface area contributed by atoms with Crippen molar-refractivity contribution < 1.29 is 13.2 Å². The third-order valence-corrected chi connectivity index (χ3v) is 6.39. The molecule has 1 aromatic carbocycles. The van der Waals surface area contributed by atoms with E-state index in [0.717, 1.165) is 37.7 Å². The summed E-state index contributed by atoms with van der Waals surface area (Å²) in [7, 11) is -0.0673. The molecule has 1 atom stereocenters. The van der Waals surface area contributed by atoms with Gasteiger partial charge in [-0.05, 0) is 31.2 Å². The van der Waals surface area contributed by atoms with Gasteiger partial charge in [-0.1, -0.05) is 36.8 Å². The maximum Gasteiger partial charge on any atom is 0.282 e. The van der Waals surface area contributed by atoms with Crippen LogP contribution in [0.2, 0.25) is 0 Å². The van der Waals surface area contributed by atoms with Crippen molar-refractivity contribution in [3.05, 3.63) is 35.9 Å². The van der Waals surface area contributed by atoms with E-state index in [0.29, 0.717) is 19.7 Å². The van der Waals surface area contributed by atoms with E-state index in [4.69, 9.17) is 4.74 Å². The van der Waals surface area contributed by atoms with Crippen LogP contribution in [0.1, 0.15) is 37.7 Å². The van der Waals surface area contributed by atoms with Gasteiger partial charge in [0, 0.05) is 39.9 Å². The minimum Gasteiger partial charge on any atom is -0.385 e. The second kappa shape index (κ2) is 8.78. The van der Waals surface area contributed by atoms with Gasteiger partial charge in [-0.2, -0.15) is 17.0 Å². The molecule has 5 nitrogen and oxygen atoms in total. The Bertz CT molecular complexity index is 562. The van der Waals surface area contributed by atoms with Gasteiger partial charge in [0.25, 0.3) is 10.2 Å². The molecule has 130 valence electrons. The van der Waals surface area contributed by atoms with Crippen LogP contribution in [0, 0.1) is 0 Å². The van der Waals surface area contributed by atoms with Crippen LogP contribution in [-0.4, -0.2) is 50.4 Å². The first-order valence-electron chi connectivity index (χ1n) is 8.31. The Morgan fingerprint density at radius 3 is 2.70 bits per heavy atom. The molecule has 0 radical (unpaired) electrons. The highest BCUT2D eigenvalue weighted by molar-refractivity contribution is 7.86. The van der Waals surface area contributed by atoms with E-state index in [1.165, 1.54) is 4.31 Å². The number of rotatable bonds is 8. The zero-order valence-electron chi connectivity index (χ0n) is 14.1. The van der Waals surface area contributed by atoms with Gasteiger partial charge in [-0.15, -0.1) is 0 Å². The van der Waals surface area contributed by atoms with Crippen molar-refractivity contribution in [2.75, 3.05) is 27.3 Å². The summed E-state index contributed by atoms with van der Waals surface area (Å²) < 4.78 is 34.2. The molecule has 0 N–H and O–H groups in total. The molecule has 0 saturated carbocycles. The van der Waals surface area contributed by atoms with Crippen molar-refractivity contribution in [1.29, 1.82) is 0 Å². The van der Waals surface area contributed by atoms with Crippen LogP contribution in [0.3, 0.4) is 0 Å². The molecule has 0 spiro atoms. The summed E-state index contributed by atoms with van der Waals surface area (Å²) in [5.41, 5.74) is 1.01. The lowest BCUT2D eigenvalue weighted by Crippen LogP contribution is -2.49. The maximum absolute atomic E-state index is 13.0. The molecule has 1 aromatic rings. The zero-order valence-corrected chi connectivity index (χ0v) is 15.0. The van der Waals surface area contributed by atoms with Crippen LogP contribution in [-0.2, 0) is 21.5 Å². The largest absolute Gasteiger partial charge is 0.385 e. The van der Waals surface area contributed by atoms with Crippen LogP contribution >= 0.6 is 0 Å². The molecule has 0 unspecified atom stereocenters. The molecular formula is C17H28N2O3S. The summed E-state index contributed by atoms with van der Waals surface area (Å²) in [6, 6.07) is 9.82. The fraction of sp³-hybridized carbons (Fsp3) is 0.647. The van der Waals surface area contributed by atoms with Gasteiger partial charge < -0.3 is 4.74 Å². The molecule has 1 fully saturated rings. The Morgan fingerprint density at radius 1 is 1.26 bits per heavy atom. The highest BCUT2D eigenvalue weighted by Crippen LogP contribution is 2.25. The average molecular weight is 340 g/mol. The van der Waals surface area contributed by atoms with E-state index in [9.17, 15) is 8.42 Å². The zero-order chi connectivity index (χ0) is 16.7. The molecule has 2 rings (SSSR count). The van der Waals surface area contributed by atoms with Gasteiger partial charge in [0.1, 0.15) is 0 Å². The van der Waals surface area contributed by atoms with E-state index in [-0.39, 0.29) is 6.04 Å². The number of methoxy groups -OCH3 is 1. The molecule has 1 saturated heterocycles. The van der Waals surface area contributed by atoms with E-state index >= 15 is 0 Å². The van der Waals surface area contributed by atoms with Crippen LogP contribution in [0.5, 0.6) is 0 Å². The lowest BCUT2D eigenvalue weighted by atomic mass is 10.0. The first kappa shape index (κ1) is 18.4. The average Bonchev–Trinajstić information content (AvgIpc) is 2.56. The second-order valence-corrected chi connectivity index (χ2v) is 8.13. The van der Waals surface area contributed by atoms with Gasteiger partial charge in [-0.3, -0.25) is 0 Å². The molecule has 0 aromatic heterocycles. The maximum atomic E-state index is 13.0. The van der Waals surface area contributed by atoms with Crippen molar-refractivity contribution in [3.63, 3.8) is 0 Å². The van der Waals surface area contributed by atoms with Crippen LogP contribution in [0.25, 0.3) is 0 Å². The smallest absolute Gasteiger partial charge is 0.282 e. The molecule has 0 aliphatic carbocycles. The van der Waals surface area contributed by atoms with Crippen molar-refractivity contribution in [1.82, 2.24) is 8.61 Å². The quantitative estimate of drug-likeness (QED) is 0.684. The summed E-state index contributed by atoms with van der Waals surface area (Å²) in [6.45, 7) is 1.72. The Morgan fingerprint density at radius 2 is 2.00 bits per heavy atom. The molecule has 1 aliphatic rings. The standard InChI is InChI=1S/C17H28N2O3S/c1-18(15-16-9-4-3-5-10-16)23(20,21)19-13-7-6-11-17(19)12-8-14-22-2/h3-5,9-10,17H,6-8,11-15H2,1-2H3/t17-/m0/s1. The Labute approximate surface area is 140 Å². The Balaban J connectivity index is 2.05. The minimum atomic E-state index is -3.42. The number of ether oxygens (including phenoxy) is 1. The summed E-state index contributed by atoms with van der Waals surface area (Å²) in [6.07, 6.45) is 4.76. The monoisotopic (exact) mass is 340 g/mol.